The van der Waals surface area contributed by atoms with Crippen molar-refractivity contribution < 1.29 is 4.79 Å². The molecular formula is C13H23ClN2O. The van der Waals surface area contributed by atoms with Gasteiger partial charge in [-0.2, -0.15) is 0 Å². The molecule has 0 aromatic heterocycles. The lowest BCUT2D eigenvalue weighted by atomic mass is 10.0. The molecule has 3 nitrogen and oxygen atoms in total. The number of nitrogens with one attached hydrogen (secondary N) is 2. The van der Waals surface area contributed by atoms with Crippen LogP contribution in [-0.4, -0.2) is 25.5 Å². The van der Waals surface area contributed by atoms with Crippen molar-refractivity contribution in [3.05, 3.63) is 0 Å². The highest BCUT2D eigenvalue weighted by Crippen LogP contribution is 2.55. The molecule has 0 bridgehead atoms. The van der Waals surface area contributed by atoms with E-state index >= 15 is 0 Å². The maximum absolute atomic E-state index is 12.0. The first-order valence-corrected chi connectivity index (χ1v) is 6.84. The van der Waals surface area contributed by atoms with Gasteiger partial charge in [-0.25, -0.2) is 0 Å². The second-order valence-electron chi connectivity index (χ2n) is 5.74. The molecule has 1 amide bonds. The van der Waals surface area contributed by atoms with E-state index < -0.39 is 0 Å². The summed E-state index contributed by atoms with van der Waals surface area (Å²) in [6.45, 7) is 3.09. The van der Waals surface area contributed by atoms with Crippen molar-refractivity contribution in [1.29, 1.82) is 0 Å². The Kier molecular flexibility index (Phi) is 4.31. The van der Waals surface area contributed by atoms with Crippen LogP contribution in [0.1, 0.15) is 32.1 Å². The van der Waals surface area contributed by atoms with E-state index in [1.165, 1.54) is 32.1 Å². The Hall–Kier alpha value is -0.280. The molecule has 2 N–H and O–H groups in total. The quantitative estimate of drug-likeness (QED) is 0.807. The SMILES string of the molecule is Cl.O=C(NCC1CCNC1)C1C2CCCCC21. The average Bonchev–Trinajstić information content (AvgIpc) is 2.80. The van der Waals surface area contributed by atoms with E-state index in [-0.39, 0.29) is 12.4 Å². The van der Waals surface area contributed by atoms with Crippen LogP contribution in [0, 0.1) is 23.7 Å². The summed E-state index contributed by atoms with van der Waals surface area (Å²) < 4.78 is 0. The molecule has 3 aliphatic rings. The van der Waals surface area contributed by atoms with Gasteiger partial charge >= 0.3 is 0 Å². The zero-order valence-corrected chi connectivity index (χ0v) is 11.1. The summed E-state index contributed by atoms with van der Waals surface area (Å²) in [4.78, 5) is 12.0. The Balaban J connectivity index is 0.00000108. The minimum absolute atomic E-state index is 0. The number of carbonyl (C=O) groups excluding carboxylic acids is 1. The van der Waals surface area contributed by atoms with E-state index in [9.17, 15) is 4.79 Å². The topological polar surface area (TPSA) is 41.1 Å². The normalized spacial score (nSPS) is 39.1. The molecule has 98 valence electrons. The summed E-state index contributed by atoms with van der Waals surface area (Å²) in [6, 6.07) is 0. The lowest BCUT2D eigenvalue weighted by Crippen LogP contribution is -2.32. The van der Waals surface area contributed by atoms with Gasteiger partial charge in [0.2, 0.25) is 5.91 Å². The molecule has 0 spiro atoms. The standard InChI is InChI=1S/C13H22N2O.ClH/c16-13(15-8-9-5-6-14-7-9)12-10-3-1-2-4-11(10)12;/h9-12,14H,1-8H2,(H,15,16);1H. The minimum Gasteiger partial charge on any atom is -0.356 e. The maximum Gasteiger partial charge on any atom is 0.223 e. The number of carbonyl (C=O) groups is 1. The predicted octanol–water partition coefficient (Wildman–Crippen LogP) is 1.57. The van der Waals surface area contributed by atoms with Crippen LogP contribution in [0.5, 0.6) is 0 Å². The van der Waals surface area contributed by atoms with Crippen LogP contribution in [0.15, 0.2) is 0 Å². The van der Waals surface area contributed by atoms with Crippen LogP contribution < -0.4 is 10.6 Å². The molecule has 0 aromatic carbocycles. The molecule has 2 aliphatic carbocycles. The molecule has 1 saturated heterocycles. The van der Waals surface area contributed by atoms with Crippen molar-refractivity contribution in [3.8, 4) is 0 Å². The van der Waals surface area contributed by atoms with E-state index in [1.807, 2.05) is 0 Å². The largest absolute Gasteiger partial charge is 0.356 e. The van der Waals surface area contributed by atoms with Gasteiger partial charge in [-0.05, 0) is 50.1 Å². The number of hydrogen-bond acceptors (Lipinski definition) is 2. The average molecular weight is 259 g/mol. The van der Waals surface area contributed by atoms with Gasteiger partial charge in [0.25, 0.3) is 0 Å². The second-order valence-corrected chi connectivity index (χ2v) is 5.74. The first-order valence-electron chi connectivity index (χ1n) is 6.84. The third kappa shape index (κ3) is 2.76. The summed E-state index contributed by atoms with van der Waals surface area (Å²) in [5, 5.41) is 6.50. The van der Waals surface area contributed by atoms with Crippen molar-refractivity contribution in [3.63, 3.8) is 0 Å². The monoisotopic (exact) mass is 258 g/mol. The Morgan fingerprint density at radius 3 is 2.47 bits per heavy atom. The van der Waals surface area contributed by atoms with Crippen molar-refractivity contribution in [2.45, 2.75) is 32.1 Å². The van der Waals surface area contributed by atoms with Gasteiger partial charge in [-0.15, -0.1) is 12.4 Å². The molecule has 3 atom stereocenters. The van der Waals surface area contributed by atoms with Crippen LogP contribution in [0.3, 0.4) is 0 Å². The summed E-state index contributed by atoms with van der Waals surface area (Å²) >= 11 is 0. The molecule has 1 heterocycles. The summed E-state index contributed by atoms with van der Waals surface area (Å²) in [5.41, 5.74) is 0. The molecule has 3 rings (SSSR count). The molecule has 2 saturated carbocycles. The number of amides is 1. The van der Waals surface area contributed by atoms with Crippen molar-refractivity contribution >= 4 is 18.3 Å². The van der Waals surface area contributed by atoms with Crippen LogP contribution in [0.4, 0.5) is 0 Å². The number of rotatable bonds is 3. The van der Waals surface area contributed by atoms with Crippen LogP contribution in [0.2, 0.25) is 0 Å². The van der Waals surface area contributed by atoms with Gasteiger partial charge in [0.15, 0.2) is 0 Å². The Labute approximate surface area is 110 Å². The van der Waals surface area contributed by atoms with Gasteiger partial charge in [0.1, 0.15) is 0 Å². The van der Waals surface area contributed by atoms with E-state index in [0.29, 0.717) is 17.7 Å². The zero-order chi connectivity index (χ0) is 11.0. The molecule has 17 heavy (non-hydrogen) atoms. The smallest absolute Gasteiger partial charge is 0.223 e. The van der Waals surface area contributed by atoms with Crippen LogP contribution >= 0.6 is 12.4 Å². The summed E-state index contributed by atoms with van der Waals surface area (Å²) in [7, 11) is 0. The number of halogens is 1. The second kappa shape index (κ2) is 5.57. The lowest BCUT2D eigenvalue weighted by Gasteiger charge is -2.09. The van der Waals surface area contributed by atoms with E-state index in [4.69, 9.17) is 0 Å². The minimum atomic E-state index is 0. The first-order chi connectivity index (χ1) is 7.86. The van der Waals surface area contributed by atoms with Crippen LogP contribution in [0.25, 0.3) is 0 Å². The highest BCUT2D eigenvalue weighted by molar-refractivity contribution is 5.85. The Bertz CT molecular complexity index is 267. The van der Waals surface area contributed by atoms with Gasteiger partial charge in [0, 0.05) is 12.5 Å². The molecule has 0 aromatic rings. The molecule has 3 unspecified atom stereocenters. The van der Waals surface area contributed by atoms with Gasteiger partial charge in [-0.3, -0.25) is 4.79 Å². The molecule has 1 aliphatic heterocycles. The highest BCUT2D eigenvalue weighted by Gasteiger charge is 2.54. The number of hydrogen-bond donors (Lipinski definition) is 2. The lowest BCUT2D eigenvalue weighted by molar-refractivity contribution is -0.123. The van der Waals surface area contributed by atoms with Gasteiger partial charge in [-0.1, -0.05) is 12.8 Å². The zero-order valence-electron chi connectivity index (χ0n) is 10.3. The van der Waals surface area contributed by atoms with E-state index in [1.54, 1.807) is 0 Å². The fraction of sp³-hybridized carbons (Fsp3) is 0.923. The first kappa shape index (κ1) is 13.2. The molecular weight excluding hydrogens is 236 g/mol. The fourth-order valence-corrected chi connectivity index (χ4v) is 3.63. The van der Waals surface area contributed by atoms with Crippen molar-refractivity contribution in [2.75, 3.05) is 19.6 Å². The third-order valence-corrected chi connectivity index (χ3v) is 4.69. The predicted molar refractivity (Wildman–Crippen MR) is 70.2 cm³/mol. The molecule has 0 radical (unpaired) electrons. The van der Waals surface area contributed by atoms with E-state index in [2.05, 4.69) is 10.6 Å². The highest BCUT2D eigenvalue weighted by atomic mass is 35.5. The number of fused-ring (bicyclic) bond motifs is 1. The van der Waals surface area contributed by atoms with E-state index in [0.717, 1.165) is 31.5 Å². The van der Waals surface area contributed by atoms with Crippen molar-refractivity contribution in [2.24, 2.45) is 23.7 Å². The molecule has 3 fully saturated rings. The summed E-state index contributed by atoms with van der Waals surface area (Å²) in [5.74, 6) is 2.90. The van der Waals surface area contributed by atoms with Crippen LogP contribution in [-0.2, 0) is 4.79 Å². The van der Waals surface area contributed by atoms with Gasteiger partial charge in [0.05, 0.1) is 0 Å². The summed E-state index contributed by atoms with van der Waals surface area (Å²) in [6.07, 6.45) is 6.51. The maximum atomic E-state index is 12.0. The fourth-order valence-electron chi connectivity index (χ4n) is 3.63. The van der Waals surface area contributed by atoms with Crippen molar-refractivity contribution in [1.82, 2.24) is 10.6 Å². The third-order valence-electron chi connectivity index (χ3n) is 4.69. The van der Waals surface area contributed by atoms with Gasteiger partial charge < -0.3 is 10.6 Å². The Morgan fingerprint density at radius 1 is 1.18 bits per heavy atom. The molecule has 4 heteroatoms. The Morgan fingerprint density at radius 2 is 1.88 bits per heavy atom.